The van der Waals surface area contributed by atoms with Gasteiger partial charge in [-0.1, -0.05) is 0 Å². The van der Waals surface area contributed by atoms with E-state index in [9.17, 15) is 9.18 Å². The van der Waals surface area contributed by atoms with Gasteiger partial charge in [0.15, 0.2) is 5.69 Å². The van der Waals surface area contributed by atoms with Gasteiger partial charge in [-0.3, -0.25) is 4.98 Å². The number of carbonyl (C=O) groups excluding carboxylic acids is 1. The predicted octanol–water partition coefficient (Wildman–Crippen LogP) is 3.62. The zero-order valence-electron chi connectivity index (χ0n) is 12.4. The molecule has 0 amide bonds. The summed E-state index contributed by atoms with van der Waals surface area (Å²) < 4.78 is 18.8. The van der Waals surface area contributed by atoms with Crippen LogP contribution >= 0.6 is 11.3 Å². The number of esters is 1. The summed E-state index contributed by atoms with van der Waals surface area (Å²) >= 11 is 1.51. The number of nitrogens with zero attached hydrogens (tertiary/aromatic N) is 2. The summed E-state index contributed by atoms with van der Waals surface area (Å²) in [5, 5.41) is 4.86. The minimum atomic E-state index is -0.428. The van der Waals surface area contributed by atoms with Gasteiger partial charge in [-0.2, -0.15) is 0 Å². The van der Waals surface area contributed by atoms with E-state index in [2.05, 4.69) is 15.3 Å². The van der Waals surface area contributed by atoms with Crippen LogP contribution in [0.1, 0.15) is 23.1 Å². The molecule has 3 aromatic heterocycles. The van der Waals surface area contributed by atoms with Crippen LogP contribution in [0.2, 0.25) is 0 Å². The molecule has 0 aromatic carbocycles. The molecule has 0 unspecified atom stereocenters. The average Bonchev–Trinajstić information content (AvgIpc) is 2.97. The van der Waals surface area contributed by atoms with Crippen molar-refractivity contribution in [1.82, 2.24) is 9.97 Å². The molecule has 7 heteroatoms. The van der Waals surface area contributed by atoms with Crippen LogP contribution < -0.4 is 5.32 Å². The molecule has 0 aliphatic carbocycles. The zero-order valence-corrected chi connectivity index (χ0v) is 13.2. The Balaban J connectivity index is 1.81. The van der Waals surface area contributed by atoms with Crippen molar-refractivity contribution in [2.24, 2.45) is 0 Å². The third-order valence-electron chi connectivity index (χ3n) is 3.15. The maximum atomic E-state index is 12.8. The standard InChI is InChI=1S/C16H14FN3O2S/c1-2-22-16(21)15-12-7-14(23-13(12)5-6-18-15)20-9-11-4-3-10(17)8-19-11/h3-8,20H,2,9H2,1H3. The van der Waals surface area contributed by atoms with E-state index in [1.54, 1.807) is 19.2 Å². The highest BCUT2D eigenvalue weighted by atomic mass is 32.1. The van der Waals surface area contributed by atoms with E-state index >= 15 is 0 Å². The van der Waals surface area contributed by atoms with Gasteiger partial charge in [-0.15, -0.1) is 11.3 Å². The number of ether oxygens (including phenoxy) is 1. The molecule has 118 valence electrons. The number of hydrogen-bond donors (Lipinski definition) is 1. The summed E-state index contributed by atoms with van der Waals surface area (Å²) in [5.74, 6) is -0.789. The number of pyridine rings is 2. The number of aromatic nitrogens is 2. The fourth-order valence-corrected chi connectivity index (χ4v) is 3.05. The maximum Gasteiger partial charge on any atom is 0.357 e. The van der Waals surface area contributed by atoms with Crippen LogP contribution in [0.15, 0.2) is 36.7 Å². The molecule has 5 nitrogen and oxygen atoms in total. The van der Waals surface area contributed by atoms with E-state index in [4.69, 9.17) is 4.74 Å². The van der Waals surface area contributed by atoms with Crippen molar-refractivity contribution in [1.29, 1.82) is 0 Å². The summed E-state index contributed by atoms with van der Waals surface area (Å²) in [6.07, 6.45) is 2.78. The molecule has 3 rings (SSSR count). The molecule has 0 radical (unpaired) electrons. The summed E-state index contributed by atoms with van der Waals surface area (Å²) in [6.45, 7) is 2.53. The SMILES string of the molecule is CCOC(=O)c1nccc2sc(NCc3ccc(F)cn3)cc12. The highest BCUT2D eigenvalue weighted by Crippen LogP contribution is 2.31. The predicted molar refractivity (Wildman–Crippen MR) is 87.1 cm³/mol. The van der Waals surface area contributed by atoms with Crippen LogP contribution in [-0.2, 0) is 11.3 Å². The first-order valence-electron chi connectivity index (χ1n) is 7.07. The molecule has 0 aliphatic rings. The molecule has 23 heavy (non-hydrogen) atoms. The number of thiophene rings is 1. The van der Waals surface area contributed by atoms with Crippen molar-refractivity contribution in [3.05, 3.63) is 53.9 Å². The lowest BCUT2D eigenvalue weighted by molar-refractivity contribution is 0.0522. The average molecular weight is 331 g/mol. The first-order valence-corrected chi connectivity index (χ1v) is 7.89. The van der Waals surface area contributed by atoms with Crippen molar-refractivity contribution in [3.63, 3.8) is 0 Å². The Bertz CT molecular complexity index is 833. The van der Waals surface area contributed by atoms with E-state index in [1.807, 2.05) is 12.1 Å². The maximum absolute atomic E-state index is 12.8. The fraction of sp³-hybridized carbons (Fsp3) is 0.188. The van der Waals surface area contributed by atoms with E-state index in [0.29, 0.717) is 18.8 Å². The number of anilines is 1. The van der Waals surface area contributed by atoms with Gasteiger partial charge in [0.05, 0.1) is 30.0 Å². The minimum Gasteiger partial charge on any atom is -0.461 e. The van der Waals surface area contributed by atoms with Crippen molar-refractivity contribution in [2.75, 3.05) is 11.9 Å². The quantitative estimate of drug-likeness (QED) is 0.724. The lowest BCUT2D eigenvalue weighted by Crippen LogP contribution is -2.06. The van der Waals surface area contributed by atoms with Crippen LogP contribution in [0.3, 0.4) is 0 Å². The smallest absolute Gasteiger partial charge is 0.357 e. The third kappa shape index (κ3) is 3.45. The van der Waals surface area contributed by atoms with Crippen molar-refractivity contribution in [2.45, 2.75) is 13.5 Å². The molecule has 0 atom stereocenters. The Morgan fingerprint density at radius 3 is 2.96 bits per heavy atom. The molecule has 3 aromatic rings. The van der Waals surface area contributed by atoms with Gasteiger partial charge >= 0.3 is 5.97 Å². The molecular weight excluding hydrogens is 317 g/mol. The molecule has 3 heterocycles. The molecule has 0 saturated heterocycles. The van der Waals surface area contributed by atoms with Gasteiger partial charge < -0.3 is 10.1 Å². The summed E-state index contributed by atoms with van der Waals surface area (Å²) in [4.78, 5) is 20.0. The number of hydrogen-bond acceptors (Lipinski definition) is 6. The number of carbonyl (C=O) groups is 1. The highest BCUT2D eigenvalue weighted by molar-refractivity contribution is 7.22. The van der Waals surface area contributed by atoms with E-state index in [-0.39, 0.29) is 5.82 Å². The molecular formula is C16H14FN3O2S. The topological polar surface area (TPSA) is 64.1 Å². The Morgan fingerprint density at radius 1 is 1.35 bits per heavy atom. The zero-order chi connectivity index (χ0) is 16.2. The Labute approximate surface area is 136 Å². The number of fused-ring (bicyclic) bond motifs is 1. The molecule has 0 saturated carbocycles. The number of nitrogens with one attached hydrogen (secondary N) is 1. The van der Waals surface area contributed by atoms with Gasteiger partial charge in [-0.25, -0.2) is 14.2 Å². The highest BCUT2D eigenvalue weighted by Gasteiger charge is 2.15. The molecule has 0 fully saturated rings. The minimum absolute atomic E-state index is 0.308. The summed E-state index contributed by atoms with van der Waals surface area (Å²) in [6, 6.07) is 6.71. The Morgan fingerprint density at radius 2 is 2.22 bits per heavy atom. The Hall–Kier alpha value is -2.54. The molecule has 0 spiro atoms. The van der Waals surface area contributed by atoms with Gasteiger partial charge in [0.2, 0.25) is 0 Å². The van der Waals surface area contributed by atoms with Gasteiger partial charge in [0.1, 0.15) is 5.82 Å². The molecule has 0 bridgehead atoms. The van der Waals surface area contributed by atoms with Crippen molar-refractivity contribution in [3.8, 4) is 0 Å². The van der Waals surface area contributed by atoms with Crippen LogP contribution in [0, 0.1) is 5.82 Å². The first-order chi connectivity index (χ1) is 11.2. The summed E-state index contributed by atoms with van der Waals surface area (Å²) in [7, 11) is 0. The normalized spacial score (nSPS) is 10.7. The molecule has 1 N–H and O–H groups in total. The molecule has 0 aliphatic heterocycles. The van der Waals surface area contributed by atoms with E-state index in [1.165, 1.54) is 23.6 Å². The monoisotopic (exact) mass is 331 g/mol. The lowest BCUT2D eigenvalue weighted by Gasteiger charge is -2.02. The second-order valence-electron chi connectivity index (χ2n) is 4.72. The van der Waals surface area contributed by atoms with Gasteiger partial charge in [0, 0.05) is 16.3 Å². The van der Waals surface area contributed by atoms with Gasteiger partial charge in [0.25, 0.3) is 0 Å². The largest absolute Gasteiger partial charge is 0.461 e. The van der Waals surface area contributed by atoms with Crippen LogP contribution in [0.4, 0.5) is 9.39 Å². The second kappa shape index (κ2) is 6.70. The summed E-state index contributed by atoms with van der Waals surface area (Å²) in [5.41, 5.74) is 1.04. The van der Waals surface area contributed by atoms with Crippen molar-refractivity contribution >= 4 is 32.4 Å². The van der Waals surface area contributed by atoms with Crippen LogP contribution in [0.5, 0.6) is 0 Å². The van der Waals surface area contributed by atoms with Crippen LogP contribution in [0.25, 0.3) is 10.1 Å². The second-order valence-corrected chi connectivity index (χ2v) is 5.81. The first kappa shape index (κ1) is 15.4. The van der Waals surface area contributed by atoms with Gasteiger partial charge in [-0.05, 0) is 31.2 Å². The Kier molecular flexibility index (Phi) is 4.47. The number of halogens is 1. The lowest BCUT2D eigenvalue weighted by atomic mass is 10.2. The number of rotatable bonds is 5. The van der Waals surface area contributed by atoms with E-state index < -0.39 is 5.97 Å². The fourth-order valence-electron chi connectivity index (χ4n) is 2.10. The van der Waals surface area contributed by atoms with Crippen molar-refractivity contribution < 1.29 is 13.9 Å². The van der Waals surface area contributed by atoms with E-state index in [0.717, 1.165) is 20.8 Å². The van der Waals surface area contributed by atoms with Crippen LogP contribution in [-0.4, -0.2) is 22.5 Å². The third-order valence-corrected chi connectivity index (χ3v) is 4.20.